The fourth-order valence-corrected chi connectivity index (χ4v) is 2.41. The van der Waals surface area contributed by atoms with Crippen LogP contribution in [0.4, 0.5) is 0 Å². The van der Waals surface area contributed by atoms with E-state index in [2.05, 4.69) is 35.2 Å². The van der Waals surface area contributed by atoms with E-state index in [1.807, 2.05) is 12.3 Å². The van der Waals surface area contributed by atoms with Gasteiger partial charge in [-0.15, -0.1) is 0 Å². The molecule has 2 heterocycles. The highest BCUT2D eigenvalue weighted by Gasteiger charge is 2.19. The molecule has 19 heavy (non-hydrogen) atoms. The first-order chi connectivity index (χ1) is 9.29. The van der Waals surface area contributed by atoms with Crippen molar-refractivity contribution in [1.82, 2.24) is 15.2 Å². The second-order valence-corrected chi connectivity index (χ2v) is 5.23. The zero-order chi connectivity index (χ0) is 13.5. The van der Waals surface area contributed by atoms with E-state index in [1.54, 1.807) is 0 Å². The van der Waals surface area contributed by atoms with E-state index in [4.69, 9.17) is 4.74 Å². The lowest BCUT2D eigenvalue weighted by Crippen LogP contribution is -2.40. The molecule has 4 heteroatoms. The SMILES string of the molecule is CCNCc1ccc(OCC2CCCCN2C)nc1. The molecule has 1 aromatic heterocycles. The van der Waals surface area contributed by atoms with E-state index in [0.29, 0.717) is 6.04 Å². The molecule has 0 spiro atoms. The first-order valence-electron chi connectivity index (χ1n) is 7.28. The number of rotatable bonds is 6. The third kappa shape index (κ3) is 4.48. The Bertz CT molecular complexity index is 366. The topological polar surface area (TPSA) is 37.4 Å². The Morgan fingerprint density at radius 3 is 3.00 bits per heavy atom. The second kappa shape index (κ2) is 7.46. The summed E-state index contributed by atoms with van der Waals surface area (Å²) in [6.45, 7) is 5.88. The van der Waals surface area contributed by atoms with Gasteiger partial charge in [-0.3, -0.25) is 0 Å². The maximum Gasteiger partial charge on any atom is 0.213 e. The number of nitrogens with zero attached hydrogens (tertiary/aromatic N) is 2. The van der Waals surface area contributed by atoms with Crippen LogP contribution < -0.4 is 10.1 Å². The maximum atomic E-state index is 5.80. The Hall–Kier alpha value is -1.13. The van der Waals surface area contributed by atoms with Gasteiger partial charge >= 0.3 is 0 Å². The number of piperidine rings is 1. The highest BCUT2D eigenvalue weighted by atomic mass is 16.5. The largest absolute Gasteiger partial charge is 0.476 e. The number of likely N-dealkylation sites (N-methyl/N-ethyl adjacent to an activating group) is 1. The number of likely N-dealkylation sites (tertiary alicyclic amines) is 1. The van der Waals surface area contributed by atoms with Crippen LogP contribution in [0.5, 0.6) is 5.88 Å². The van der Waals surface area contributed by atoms with E-state index in [1.165, 1.54) is 31.4 Å². The van der Waals surface area contributed by atoms with Gasteiger partial charge in [-0.2, -0.15) is 0 Å². The molecule has 1 fully saturated rings. The molecule has 0 aliphatic carbocycles. The van der Waals surface area contributed by atoms with Gasteiger partial charge in [0.25, 0.3) is 0 Å². The molecule has 0 amide bonds. The molecule has 0 aromatic carbocycles. The van der Waals surface area contributed by atoms with Crippen LogP contribution in [0.15, 0.2) is 18.3 Å². The minimum Gasteiger partial charge on any atom is -0.476 e. The number of hydrogen-bond acceptors (Lipinski definition) is 4. The molecule has 1 aromatic rings. The lowest BCUT2D eigenvalue weighted by Gasteiger charge is -2.31. The zero-order valence-electron chi connectivity index (χ0n) is 12.1. The lowest BCUT2D eigenvalue weighted by atomic mass is 10.0. The lowest BCUT2D eigenvalue weighted by molar-refractivity contribution is 0.122. The number of aromatic nitrogens is 1. The molecule has 1 N–H and O–H groups in total. The van der Waals surface area contributed by atoms with Gasteiger partial charge < -0.3 is 15.0 Å². The van der Waals surface area contributed by atoms with E-state index < -0.39 is 0 Å². The monoisotopic (exact) mass is 263 g/mol. The smallest absolute Gasteiger partial charge is 0.213 e. The number of nitrogens with one attached hydrogen (secondary N) is 1. The number of ether oxygens (including phenoxy) is 1. The summed E-state index contributed by atoms with van der Waals surface area (Å²) in [5.74, 6) is 0.735. The third-order valence-corrected chi connectivity index (χ3v) is 3.72. The molecule has 1 saturated heterocycles. The van der Waals surface area contributed by atoms with Crippen LogP contribution in [0.2, 0.25) is 0 Å². The number of hydrogen-bond donors (Lipinski definition) is 1. The average molecular weight is 263 g/mol. The summed E-state index contributed by atoms with van der Waals surface area (Å²) in [7, 11) is 2.18. The Morgan fingerprint density at radius 1 is 1.42 bits per heavy atom. The molecule has 0 saturated carbocycles. The zero-order valence-corrected chi connectivity index (χ0v) is 12.1. The summed E-state index contributed by atoms with van der Waals surface area (Å²) < 4.78 is 5.80. The first kappa shape index (κ1) is 14.3. The molecule has 106 valence electrons. The van der Waals surface area contributed by atoms with Gasteiger partial charge in [0.15, 0.2) is 0 Å². The molecule has 0 bridgehead atoms. The minimum atomic E-state index is 0.539. The van der Waals surface area contributed by atoms with Gasteiger partial charge in [0.05, 0.1) is 0 Å². The summed E-state index contributed by atoms with van der Waals surface area (Å²) in [5.41, 5.74) is 1.20. The molecule has 1 aliphatic heterocycles. The van der Waals surface area contributed by atoms with Crippen LogP contribution in [0.1, 0.15) is 31.7 Å². The summed E-state index contributed by atoms with van der Waals surface area (Å²) in [6.07, 6.45) is 5.75. The van der Waals surface area contributed by atoms with Crippen LogP contribution >= 0.6 is 0 Å². The van der Waals surface area contributed by atoms with Crippen molar-refractivity contribution in [3.63, 3.8) is 0 Å². The Morgan fingerprint density at radius 2 is 2.32 bits per heavy atom. The predicted molar refractivity (Wildman–Crippen MR) is 77.4 cm³/mol. The fraction of sp³-hybridized carbons (Fsp3) is 0.667. The van der Waals surface area contributed by atoms with Crippen molar-refractivity contribution in [2.75, 3.05) is 26.7 Å². The van der Waals surface area contributed by atoms with Gasteiger partial charge in [-0.1, -0.05) is 19.4 Å². The molecule has 4 nitrogen and oxygen atoms in total. The molecule has 1 unspecified atom stereocenters. The van der Waals surface area contributed by atoms with Gasteiger partial charge in [0.2, 0.25) is 5.88 Å². The van der Waals surface area contributed by atoms with Crippen molar-refractivity contribution in [2.24, 2.45) is 0 Å². The van der Waals surface area contributed by atoms with Gasteiger partial charge in [0, 0.05) is 24.8 Å². The van der Waals surface area contributed by atoms with Gasteiger partial charge in [0.1, 0.15) is 6.61 Å². The summed E-state index contributed by atoms with van der Waals surface area (Å²) in [6, 6.07) is 4.59. The van der Waals surface area contributed by atoms with Crippen molar-refractivity contribution >= 4 is 0 Å². The quantitative estimate of drug-likeness (QED) is 0.852. The van der Waals surface area contributed by atoms with Crippen molar-refractivity contribution < 1.29 is 4.74 Å². The van der Waals surface area contributed by atoms with Crippen LogP contribution in [0.25, 0.3) is 0 Å². The van der Waals surface area contributed by atoms with Crippen molar-refractivity contribution in [1.29, 1.82) is 0 Å². The van der Waals surface area contributed by atoms with E-state index in [-0.39, 0.29) is 0 Å². The number of pyridine rings is 1. The van der Waals surface area contributed by atoms with Crippen molar-refractivity contribution in [2.45, 2.75) is 38.8 Å². The minimum absolute atomic E-state index is 0.539. The highest BCUT2D eigenvalue weighted by Crippen LogP contribution is 2.16. The van der Waals surface area contributed by atoms with Crippen LogP contribution in [-0.2, 0) is 6.54 Å². The van der Waals surface area contributed by atoms with E-state index in [0.717, 1.165) is 25.6 Å². The van der Waals surface area contributed by atoms with Crippen LogP contribution in [-0.4, -0.2) is 42.7 Å². The summed E-state index contributed by atoms with van der Waals surface area (Å²) in [4.78, 5) is 6.75. The summed E-state index contributed by atoms with van der Waals surface area (Å²) in [5, 5.41) is 3.29. The molecule has 0 radical (unpaired) electrons. The predicted octanol–water partition coefficient (Wildman–Crippen LogP) is 2.05. The third-order valence-electron chi connectivity index (χ3n) is 3.72. The average Bonchev–Trinajstić information content (AvgIpc) is 2.45. The molecule has 1 atom stereocenters. The van der Waals surface area contributed by atoms with Crippen LogP contribution in [0, 0.1) is 0 Å². The van der Waals surface area contributed by atoms with Crippen LogP contribution in [0.3, 0.4) is 0 Å². The Kier molecular flexibility index (Phi) is 5.61. The fourth-order valence-electron chi connectivity index (χ4n) is 2.41. The van der Waals surface area contributed by atoms with Gasteiger partial charge in [-0.25, -0.2) is 4.98 Å². The Labute approximate surface area is 116 Å². The molecular weight excluding hydrogens is 238 g/mol. The highest BCUT2D eigenvalue weighted by molar-refractivity contribution is 5.17. The molecule has 2 rings (SSSR count). The molecular formula is C15H25N3O. The summed E-state index contributed by atoms with van der Waals surface area (Å²) >= 11 is 0. The standard InChI is InChI=1S/C15H25N3O/c1-3-16-10-13-7-8-15(17-11-13)19-12-14-6-4-5-9-18(14)2/h7-8,11,14,16H,3-6,9-10,12H2,1-2H3. The van der Waals surface area contributed by atoms with Crippen molar-refractivity contribution in [3.05, 3.63) is 23.9 Å². The van der Waals surface area contributed by atoms with Crippen molar-refractivity contribution in [3.8, 4) is 5.88 Å². The normalized spacial score (nSPS) is 20.4. The van der Waals surface area contributed by atoms with E-state index in [9.17, 15) is 0 Å². The Balaban J connectivity index is 1.79. The molecule has 1 aliphatic rings. The van der Waals surface area contributed by atoms with Gasteiger partial charge in [-0.05, 0) is 38.5 Å². The maximum absolute atomic E-state index is 5.80. The van der Waals surface area contributed by atoms with E-state index >= 15 is 0 Å². The second-order valence-electron chi connectivity index (χ2n) is 5.23. The first-order valence-corrected chi connectivity index (χ1v) is 7.28.